The zero-order valence-electron chi connectivity index (χ0n) is 11.1. The molecule has 19 heavy (non-hydrogen) atoms. The van der Waals surface area contributed by atoms with Crippen molar-refractivity contribution < 1.29 is 14.7 Å². The first-order valence-corrected chi connectivity index (χ1v) is 7.57. The van der Waals surface area contributed by atoms with Gasteiger partial charge in [-0.15, -0.1) is 11.3 Å². The van der Waals surface area contributed by atoms with Gasteiger partial charge in [0.2, 0.25) is 5.91 Å². The summed E-state index contributed by atoms with van der Waals surface area (Å²) in [6, 6.07) is 4.04. The maximum atomic E-state index is 11.5. The Morgan fingerprint density at radius 3 is 2.63 bits per heavy atom. The van der Waals surface area contributed by atoms with Crippen molar-refractivity contribution in [2.45, 2.75) is 44.9 Å². The van der Waals surface area contributed by atoms with E-state index in [4.69, 9.17) is 5.11 Å². The van der Waals surface area contributed by atoms with Gasteiger partial charge in [0, 0.05) is 24.3 Å². The molecule has 0 aliphatic heterocycles. The SMILES string of the molecule is O=C(O)CCCCCCNC(=O)CCc1cccs1. The molecule has 106 valence electrons. The lowest BCUT2D eigenvalue weighted by molar-refractivity contribution is -0.137. The Morgan fingerprint density at radius 1 is 1.16 bits per heavy atom. The molecular weight excluding hydrogens is 262 g/mol. The van der Waals surface area contributed by atoms with Gasteiger partial charge in [0.15, 0.2) is 0 Å². The van der Waals surface area contributed by atoms with E-state index in [0.29, 0.717) is 13.0 Å². The number of amides is 1. The largest absolute Gasteiger partial charge is 0.481 e. The Labute approximate surface area is 117 Å². The summed E-state index contributed by atoms with van der Waals surface area (Å²) < 4.78 is 0. The maximum absolute atomic E-state index is 11.5. The zero-order valence-corrected chi connectivity index (χ0v) is 11.9. The number of carboxylic acids is 1. The molecule has 1 aromatic heterocycles. The molecule has 0 radical (unpaired) electrons. The summed E-state index contributed by atoms with van der Waals surface area (Å²) in [6.07, 6.45) is 5.12. The minimum absolute atomic E-state index is 0.0962. The van der Waals surface area contributed by atoms with E-state index in [1.807, 2.05) is 17.5 Å². The third kappa shape index (κ3) is 8.37. The van der Waals surface area contributed by atoms with Gasteiger partial charge in [0.1, 0.15) is 0 Å². The van der Waals surface area contributed by atoms with Crippen molar-refractivity contribution in [2.24, 2.45) is 0 Å². The molecule has 0 unspecified atom stereocenters. The molecule has 0 aliphatic rings. The van der Waals surface area contributed by atoms with E-state index in [1.165, 1.54) is 4.88 Å². The van der Waals surface area contributed by atoms with Gasteiger partial charge in [-0.1, -0.05) is 18.9 Å². The predicted octanol–water partition coefficient (Wildman–Crippen LogP) is 2.83. The number of aliphatic carboxylic acids is 1. The van der Waals surface area contributed by atoms with Crippen LogP contribution >= 0.6 is 11.3 Å². The number of unbranched alkanes of at least 4 members (excludes halogenated alkanes) is 3. The molecule has 1 heterocycles. The van der Waals surface area contributed by atoms with E-state index < -0.39 is 5.97 Å². The highest BCUT2D eigenvalue weighted by Crippen LogP contribution is 2.10. The fourth-order valence-corrected chi connectivity index (χ4v) is 2.47. The zero-order chi connectivity index (χ0) is 13.9. The van der Waals surface area contributed by atoms with E-state index in [1.54, 1.807) is 11.3 Å². The number of thiophene rings is 1. The topological polar surface area (TPSA) is 66.4 Å². The van der Waals surface area contributed by atoms with Crippen LogP contribution in [-0.4, -0.2) is 23.5 Å². The first kappa shape index (κ1) is 15.7. The van der Waals surface area contributed by atoms with Gasteiger partial charge in [-0.25, -0.2) is 0 Å². The van der Waals surface area contributed by atoms with Gasteiger partial charge in [0.25, 0.3) is 0 Å². The Balaban J connectivity index is 1.91. The van der Waals surface area contributed by atoms with Crippen LogP contribution in [0, 0.1) is 0 Å². The van der Waals surface area contributed by atoms with Crippen LogP contribution in [0.15, 0.2) is 17.5 Å². The van der Waals surface area contributed by atoms with E-state index in [2.05, 4.69) is 5.32 Å². The lowest BCUT2D eigenvalue weighted by atomic mass is 10.1. The summed E-state index contributed by atoms with van der Waals surface area (Å²) in [5, 5.41) is 13.4. The summed E-state index contributed by atoms with van der Waals surface area (Å²) >= 11 is 1.68. The normalized spacial score (nSPS) is 10.3. The molecule has 2 N–H and O–H groups in total. The van der Waals surface area contributed by atoms with Crippen LogP contribution in [0.2, 0.25) is 0 Å². The average Bonchev–Trinajstić information content (AvgIpc) is 2.88. The van der Waals surface area contributed by atoms with E-state index >= 15 is 0 Å². The minimum Gasteiger partial charge on any atom is -0.481 e. The summed E-state index contributed by atoms with van der Waals surface area (Å²) in [4.78, 5) is 23.1. The molecule has 0 spiro atoms. The lowest BCUT2D eigenvalue weighted by Crippen LogP contribution is -2.24. The second-order valence-corrected chi connectivity index (χ2v) is 5.52. The number of rotatable bonds is 10. The van der Waals surface area contributed by atoms with Crippen LogP contribution < -0.4 is 5.32 Å². The number of hydrogen-bond acceptors (Lipinski definition) is 3. The fourth-order valence-electron chi connectivity index (χ4n) is 1.76. The van der Waals surface area contributed by atoms with Gasteiger partial charge in [0.05, 0.1) is 0 Å². The van der Waals surface area contributed by atoms with Crippen molar-refractivity contribution in [3.8, 4) is 0 Å². The van der Waals surface area contributed by atoms with Crippen molar-refractivity contribution in [2.75, 3.05) is 6.54 Å². The third-order valence-corrected chi connectivity index (χ3v) is 3.75. The van der Waals surface area contributed by atoms with Crippen LogP contribution in [0.4, 0.5) is 0 Å². The predicted molar refractivity (Wildman–Crippen MR) is 76.4 cm³/mol. The van der Waals surface area contributed by atoms with Gasteiger partial charge in [-0.3, -0.25) is 9.59 Å². The first-order chi connectivity index (χ1) is 9.18. The van der Waals surface area contributed by atoms with Crippen molar-refractivity contribution >= 4 is 23.2 Å². The second kappa shape index (κ2) is 9.55. The van der Waals surface area contributed by atoms with Crippen molar-refractivity contribution in [1.29, 1.82) is 0 Å². The molecule has 0 saturated heterocycles. The van der Waals surface area contributed by atoms with Crippen LogP contribution in [0.1, 0.15) is 43.4 Å². The van der Waals surface area contributed by atoms with Crippen molar-refractivity contribution in [1.82, 2.24) is 5.32 Å². The average molecular weight is 283 g/mol. The molecule has 0 bridgehead atoms. The summed E-state index contributed by atoms with van der Waals surface area (Å²) in [5.41, 5.74) is 0. The van der Waals surface area contributed by atoms with Crippen molar-refractivity contribution in [3.63, 3.8) is 0 Å². The van der Waals surface area contributed by atoms with Crippen LogP contribution in [0.25, 0.3) is 0 Å². The van der Waals surface area contributed by atoms with Gasteiger partial charge in [-0.2, -0.15) is 0 Å². The van der Waals surface area contributed by atoms with Gasteiger partial charge < -0.3 is 10.4 Å². The number of carbonyl (C=O) groups excluding carboxylic acids is 1. The van der Waals surface area contributed by atoms with E-state index in [-0.39, 0.29) is 12.3 Å². The first-order valence-electron chi connectivity index (χ1n) is 6.69. The molecule has 4 nitrogen and oxygen atoms in total. The van der Waals surface area contributed by atoms with E-state index in [0.717, 1.165) is 32.1 Å². The number of carbonyl (C=O) groups is 2. The molecule has 0 fully saturated rings. The molecule has 0 atom stereocenters. The number of aryl methyl sites for hydroxylation is 1. The van der Waals surface area contributed by atoms with Gasteiger partial charge in [-0.05, 0) is 30.7 Å². The molecule has 0 aliphatic carbocycles. The Hall–Kier alpha value is -1.36. The summed E-state index contributed by atoms with van der Waals surface area (Å²) in [7, 11) is 0. The minimum atomic E-state index is -0.734. The standard InChI is InChI=1S/C14H21NO3S/c16-13(9-8-12-6-5-11-19-12)15-10-4-2-1-3-7-14(17)18/h5-6,11H,1-4,7-10H2,(H,15,16)(H,17,18). The van der Waals surface area contributed by atoms with Crippen LogP contribution in [0.5, 0.6) is 0 Å². The molecule has 1 aromatic rings. The van der Waals surface area contributed by atoms with Crippen LogP contribution in [0.3, 0.4) is 0 Å². The Bertz CT molecular complexity index is 376. The fraction of sp³-hybridized carbons (Fsp3) is 0.571. The highest BCUT2D eigenvalue weighted by molar-refractivity contribution is 7.09. The number of nitrogens with one attached hydrogen (secondary N) is 1. The molecule has 1 rings (SSSR count). The molecule has 0 aromatic carbocycles. The Morgan fingerprint density at radius 2 is 1.95 bits per heavy atom. The third-order valence-electron chi connectivity index (χ3n) is 2.82. The summed E-state index contributed by atoms with van der Waals surface area (Å²) in [6.45, 7) is 0.691. The smallest absolute Gasteiger partial charge is 0.303 e. The quantitative estimate of drug-likeness (QED) is 0.649. The molecule has 0 saturated carbocycles. The number of hydrogen-bond donors (Lipinski definition) is 2. The maximum Gasteiger partial charge on any atom is 0.303 e. The molecular formula is C14H21NO3S. The van der Waals surface area contributed by atoms with E-state index in [9.17, 15) is 9.59 Å². The summed E-state index contributed by atoms with van der Waals surface area (Å²) in [5.74, 6) is -0.638. The highest BCUT2D eigenvalue weighted by atomic mass is 32.1. The lowest BCUT2D eigenvalue weighted by Gasteiger charge is -2.04. The Kier molecular flexibility index (Phi) is 7.89. The molecule has 1 amide bonds. The second-order valence-electron chi connectivity index (χ2n) is 4.49. The molecule has 5 heteroatoms. The number of carboxylic acid groups (broad SMARTS) is 1. The van der Waals surface area contributed by atoms with Crippen LogP contribution in [-0.2, 0) is 16.0 Å². The monoisotopic (exact) mass is 283 g/mol. The highest BCUT2D eigenvalue weighted by Gasteiger charge is 2.02. The van der Waals surface area contributed by atoms with Gasteiger partial charge >= 0.3 is 5.97 Å². The van der Waals surface area contributed by atoms with Crippen molar-refractivity contribution in [3.05, 3.63) is 22.4 Å².